The van der Waals surface area contributed by atoms with Gasteiger partial charge in [-0.05, 0) is 52.7 Å². The lowest BCUT2D eigenvalue weighted by molar-refractivity contribution is -0.137. The molecule has 2 nitrogen and oxygen atoms in total. The van der Waals surface area contributed by atoms with Crippen molar-refractivity contribution >= 4 is 15.9 Å². The summed E-state index contributed by atoms with van der Waals surface area (Å²) < 4.78 is 39.3. The third-order valence-electron chi connectivity index (χ3n) is 2.67. The first-order valence-electron chi connectivity index (χ1n) is 5.35. The normalized spacial score (nSPS) is 11.6. The van der Waals surface area contributed by atoms with Gasteiger partial charge < -0.3 is 0 Å². The molecule has 19 heavy (non-hydrogen) atoms. The summed E-state index contributed by atoms with van der Waals surface area (Å²) in [5, 5.41) is 0. The quantitative estimate of drug-likeness (QED) is 0.776. The van der Waals surface area contributed by atoms with Crippen molar-refractivity contribution < 1.29 is 13.2 Å². The third-order valence-corrected chi connectivity index (χ3v) is 3.50. The van der Waals surface area contributed by atoms with Crippen molar-refractivity contribution in [1.29, 1.82) is 0 Å². The van der Waals surface area contributed by atoms with E-state index in [2.05, 4.69) is 15.9 Å². The average Bonchev–Trinajstić information content (AvgIpc) is 2.33. The molecule has 0 aliphatic rings. The van der Waals surface area contributed by atoms with Gasteiger partial charge in [-0.25, -0.2) is 0 Å². The molecular weight excluding hydrogens is 323 g/mol. The summed E-state index contributed by atoms with van der Waals surface area (Å²) >= 11 is 3.28. The van der Waals surface area contributed by atoms with Crippen LogP contribution in [0.1, 0.15) is 11.1 Å². The van der Waals surface area contributed by atoms with Crippen LogP contribution in [0.15, 0.2) is 45.8 Å². The Morgan fingerprint density at radius 2 is 1.74 bits per heavy atom. The zero-order valence-electron chi connectivity index (χ0n) is 9.83. The summed E-state index contributed by atoms with van der Waals surface area (Å²) in [5.74, 6) is 0. The van der Waals surface area contributed by atoms with Gasteiger partial charge >= 0.3 is 6.18 Å². The Labute approximate surface area is 115 Å². The first-order valence-corrected chi connectivity index (χ1v) is 6.15. The van der Waals surface area contributed by atoms with Gasteiger partial charge in [0.2, 0.25) is 0 Å². The Balaban J connectivity index is 2.49. The van der Waals surface area contributed by atoms with Crippen LogP contribution < -0.4 is 5.56 Å². The standard InChI is InChI=1S/C13H9BrF3NO/c1-8-6-12(19)18(7-11(8)14)10-4-2-9(3-5-10)13(15,16)17/h2-7H,1H3. The van der Waals surface area contributed by atoms with E-state index in [4.69, 9.17) is 0 Å². The first kappa shape index (κ1) is 13.9. The lowest BCUT2D eigenvalue weighted by Crippen LogP contribution is -2.17. The minimum absolute atomic E-state index is 0.291. The van der Waals surface area contributed by atoms with Gasteiger partial charge in [0.05, 0.1) is 5.56 Å². The van der Waals surface area contributed by atoms with Gasteiger partial charge in [0.15, 0.2) is 0 Å². The Hall–Kier alpha value is -1.56. The smallest absolute Gasteiger partial charge is 0.283 e. The molecule has 0 radical (unpaired) electrons. The van der Waals surface area contributed by atoms with Crippen LogP contribution in [0.4, 0.5) is 13.2 Å². The topological polar surface area (TPSA) is 22.0 Å². The second-order valence-electron chi connectivity index (χ2n) is 4.06. The maximum atomic E-state index is 12.4. The van der Waals surface area contributed by atoms with E-state index in [0.29, 0.717) is 10.2 Å². The highest BCUT2D eigenvalue weighted by atomic mass is 79.9. The van der Waals surface area contributed by atoms with Crippen LogP contribution in [0.2, 0.25) is 0 Å². The second-order valence-corrected chi connectivity index (χ2v) is 4.91. The average molecular weight is 332 g/mol. The van der Waals surface area contributed by atoms with E-state index in [-0.39, 0.29) is 5.56 Å². The molecule has 0 aliphatic heterocycles. The molecule has 0 N–H and O–H groups in total. The number of halogens is 4. The van der Waals surface area contributed by atoms with E-state index >= 15 is 0 Å². The maximum absolute atomic E-state index is 12.4. The zero-order valence-corrected chi connectivity index (χ0v) is 11.4. The highest BCUT2D eigenvalue weighted by Crippen LogP contribution is 2.29. The van der Waals surface area contributed by atoms with E-state index in [9.17, 15) is 18.0 Å². The molecule has 1 aromatic heterocycles. The Morgan fingerprint density at radius 3 is 2.26 bits per heavy atom. The molecule has 0 saturated heterocycles. The molecule has 0 unspecified atom stereocenters. The maximum Gasteiger partial charge on any atom is 0.416 e. The van der Waals surface area contributed by atoms with Crippen molar-refractivity contribution in [3.63, 3.8) is 0 Å². The number of benzene rings is 1. The van der Waals surface area contributed by atoms with E-state index in [1.54, 1.807) is 13.1 Å². The minimum Gasteiger partial charge on any atom is -0.283 e. The predicted octanol–water partition coefficient (Wildman–Crippen LogP) is 3.93. The van der Waals surface area contributed by atoms with Gasteiger partial charge in [-0.2, -0.15) is 13.2 Å². The molecule has 0 amide bonds. The summed E-state index contributed by atoms with van der Waals surface area (Å²) in [6.45, 7) is 1.77. The number of rotatable bonds is 1. The molecule has 1 aromatic carbocycles. The summed E-state index contributed by atoms with van der Waals surface area (Å²) in [6, 6.07) is 5.87. The molecule has 6 heteroatoms. The van der Waals surface area contributed by atoms with Crippen LogP contribution in [0.3, 0.4) is 0 Å². The number of alkyl halides is 3. The molecule has 0 fully saturated rings. The summed E-state index contributed by atoms with van der Waals surface area (Å²) in [6.07, 6.45) is -2.84. The van der Waals surface area contributed by atoms with Crippen molar-refractivity contribution in [3.05, 3.63) is 62.5 Å². The fourth-order valence-corrected chi connectivity index (χ4v) is 1.93. The van der Waals surface area contributed by atoms with Crippen molar-refractivity contribution in [3.8, 4) is 5.69 Å². The number of pyridine rings is 1. The fourth-order valence-electron chi connectivity index (χ4n) is 1.62. The van der Waals surface area contributed by atoms with Crippen LogP contribution in [0, 0.1) is 6.92 Å². The monoisotopic (exact) mass is 331 g/mol. The molecular formula is C13H9BrF3NO. The van der Waals surface area contributed by atoms with Crippen molar-refractivity contribution in [2.75, 3.05) is 0 Å². The van der Waals surface area contributed by atoms with Gasteiger partial charge in [0, 0.05) is 22.4 Å². The minimum atomic E-state index is -4.38. The van der Waals surface area contributed by atoms with Gasteiger partial charge in [-0.3, -0.25) is 9.36 Å². The molecule has 0 bridgehead atoms. The molecule has 0 aliphatic carbocycles. The van der Waals surface area contributed by atoms with Crippen LogP contribution in [0.5, 0.6) is 0 Å². The van der Waals surface area contributed by atoms with E-state index in [0.717, 1.165) is 17.7 Å². The number of aromatic nitrogens is 1. The fraction of sp³-hybridized carbons (Fsp3) is 0.154. The van der Waals surface area contributed by atoms with Crippen LogP contribution in [-0.2, 0) is 6.18 Å². The van der Waals surface area contributed by atoms with Gasteiger partial charge in [-0.15, -0.1) is 0 Å². The number of aryl methyl sites for hydroxylation is 1. The summed E-state index contributed by atoms with van der Waals surface area (Å²) in [7, 11) is 0. The zero-order chi connectivity index (χ0) is 14.2. The third kappa shape index (κ3) is 2.89. The Bertz CT molecular complexity index is 659. The Morgan fingerprint density at radius 1 is 1.16 bits per heavy atom. The van der Waals surface area contributed by atoms with Gasteiger partial charge in [-0.1, -0.05) is 0 Å². The van der Waals surface area contributed by atoms with E-state index < -0.39 is 11.7 Å². The predicted molar refractivity (Wildman–Crippen MR) is 69.5 cm³/mol. The molecule has 0 saturated carbocycles. The molecule has 100 valence electrons. The molecule has 2 aromatic rings. The van der Waals surface area contributed by atoms with Crippen molar-refractivity contribution in [2.24, 2.45) is 0 Å². The SMILES string of the molecule is Cc1cc(=O)n(-c2ccc(C(F)(F)F)cc2)cc1Br. The molecule has 2 rings (SSSR count). The number of nitrogens with zero attached hydrogens (tertiary/aromatic N) is 1. The Kier molecular flexibility index (Phi) is 3.54. The largest absolute Gasteiger partial charge is 0.416 e. The van der Waals surface area contributed by atoms with Gasteiger partial charge in [0.25, 0.3) is 5.56 Å². The number of hydrogen-bond donors (Lipinski definition) is 0. The van der Waals surface area contributed by atoms with Crippen LogP contribution in [-0.4, -0.2) is 4.57 Å². The van der Waals surface area contributed by atoms with Crippen LogP contribution >= 0.6 is 15.9 Å². The lowest BCUT2D eigenvalue weighted by atomic mass is 10.2. The van der Waals surface area contributed by atoms with Gasteiger partial charge in [0.1, 0.15) is 0 Å². The van der Waals surface area contributed by atoms with E-state index in [1.165, 1.54) is 22.8 Å². The summed E-state index contributed by atoms with van der Waals surface area (Å²) in [4.78, 5) is 11.8. The summed E-state index contributed by atoms with van der Waals surface area (Å²) in [5.41, 5.74) is 0.128. The number of hydrogen-bond acceptors (Lipinski definition) is 1. The van der Waals surface area contributed by atoms with Crippen molar-refractivity contribution in [2.45, 2.75) is 13.1 Å². The molecule has 0 spiro atoms. The van der Waals surface area contributed by atoms with Crippen molar-refractivity contribution in [1.82, 2.24) is 4.57 Å². The highest BCUT2D eigenvalue weighted by Gasteiger charge is 2.30. The van der Waals surface area contributed by atoms with Crippen LogP contribution in [0.25, 0.3) is 5.69 Å². The lowest BCUT2D eigenvalue weighted by Gasteiger charge is -2.10. The first-order chi connectivity index (χ1) is 8.79. The van der Waals surface area contributed by atoms with E-state index in [1.807, 2.05) is 0 Å². The molecule has 0 atom stereocenters. The highest BCUT2D eigenvalue weighted by molar-refractivity contribution is 9.10. The second kappa shape index (κ2) is 4.85. The molecule has 1 heterocycles.